The molecule has 4 atom stereocenters. The Bertz CT molecular complexity index is 1870. The van der Waals surface area contributed by atoms with Crippen LogP contribution in [-0.4, -0.2) is 46.3 Å². The summed E-state index contributed by atoms with van der Waals surface area (Å²) >= 11 is 12.8. The van der Waals surface area contributed by atoms with Crippen LogP contribution < -0.4 is 5.32 Å². The molecule has 1 N–H and O–H groups in total. The van der Waals surface area contributed by atoms with Gasteiger partial charge in [-0.05, 0) is 73.9 Å². The van der Waals surface area contributed by atoms with Gasteiger partial charge in [-0.15, -0.1) is 0 Å². The summed E-state index contributed by atoms with van der Waals surface area (Å²) in [6.45, 7) is 2.59. The van der Waals surface area contributed by atoms with Crippen LogP contribution >= 0.6 is 23.2 Å². The maximum absolute atomic E-state index is 16.3. The smallest absolute Gasteiger partial charge is 0.338 e. The molecule has 1 saturated heterocycles. The number of fused-ring (bicyclic) bond motifs is 7. The Labute approximate surface area is 257 Å². The molecule has 4 aromatic rings. The maximum atomic E-state index is 16.3. The van der Waals surface area contributed by atoms with Gasteiger partial charge in [0.1, 0.15) is 11.4 Å². The average molecular weight is 620 g/mol. The third kappa shape index (κ3) is 3.66. The normalized spacial score (nSPS) is 26.0. The number of halogens is 3. The first-order valence-electron chi connectivity index (χ1n) is 14.7. The highest BCUT2D eigenvalue weighted by atomic mass is 35.5. The van der Waals surface area contributed by atoms with Crippen molar-refractivity contribution in [3.63, 3.8) is 0 Å². The predicted octanol–water partition coefficient (Wildman–Crippen LogP) is 6.79. The Hall–Kier alpha value is -3.46. The number of hydrogen-bond donors (Lipinski definition) is 1. The summed E-state index contributed by atoms with van der Waals surface area (Å²) in [5.41, 5.74) is 3.54. The van der Waals surface area contributed by atoms with Gasteiger partial charge in [0.05, 0.1) is 29.3 Å². The Morgan fingerprint density at radius 2 is 1.98 bits per heavy atom. The Kier molecular flexibility index (Phi) is 6.00. The average Bonchev–Trinajstić information content (AvgIpc) is 3.57. The molecule has 1 spiro atoms. The highest BCUT2D eigenvalue weighted by Crippen LogP contribution is 2.63. The summed E-state index contributed by atoms with van der Waals surface area (Å²) in [6.07, 6.45) is 3.70. The van der Waals surface area contributed by atoms with Crippen LogP contribution in [0.3, 0.4) is 0 Å². The van der Waals surface area contributed by atoms with E-state index in [1.54, 1.807) is 30.3 Å². The lowest BCUT2D eigenvalue weighted by molar-refractivity contribution is -0.128. The van der Waals surface area contributed by atoms with Crippen molar-refractivity contribution in [1.29, 1.82) is 0 Å². The molecular weight excluding hydrogens is 590 g/mol. The lowest BCUT2D eigenvalue weighted by Crippen LogP contribution is -2.52. The number of amides is 1. The van der Waals surface area contributed by atoms with Crippen LogP contribution in [0.4, 0.5) is 10.1 Å². The first kappa shape index (κ1) is 27.1. The molecule has 3 aliphatic heterocycles. The summed E-state index contributed by atoms with van der Waals surface area (Å²) in [7, 11) is 1.36. The number of aryl methyl sites for hydroxylation is 2. The number of anilines is 1. The minimum absolute atomic E-state index is 0.0137. The third-order valence-electron chi connectivity index (χ3n) is 10.1. The van der Waals surface area contributed by atoms with Gasteiger partial charge in [0.2, 0.25) is 5.91 Å². The molecule has 8 rings (SSSR count). The van der Waals surface area contributed by atoms with Gasteiger partial charge in [-0.2, -0.15) is 5.10 Å². The van der Waals surface area contributed by atoms with Crippen LogP contribution in [0.5, 0.6) is 0 Å². The molecule has 0 bridgehead atoms. The first-order valence-corrected chi connectivity index (χ1v) is 15.4. The van der Waals surface area contributed by atoms with Crippen LogP contribution in [0.15, 0.2) is 48.5 Å². The molecule has 0 radical (unpaired) electrons. The number of carbonyl (C=O) groups excluding carboxylic acids is 2. The van der Waals surface area contributed by atoms with Gasteiger partial charge in [-0.3, -0.25) is 14.4 Å². The van der Waals surface area contributed by atoms with Crippen LogP contribution in [0.2, 0.25) is 10.0 Å². The Morgan fingerprint density at radius 3 is 2.74 bits per heavy atom. The van der Waals surface area contributed by atoms with Gasteiger partial charge in [0.25, 0.3) is 0 Å². The topological polar surface area (TPSA) is 76.5 Å². The molecule has 10 heteroatoms. The van der Waals surface area contributed by atoms with Crippen LogP contribution in [0.25, 0.3) is 10.9 Å². The molecule has 43 heavy (non-hydrogen) atoms. The second-order valence-corrected chi connectivity index (χ2v) is 13.1. The quantitative estimate of drug-likeness (QED) is 0.255. The number of esters is 1. The molecule has 220 valence electrons. The maximum Gasteiger partial charge on any atom is 0.338 e. The van der Waals surface area contributed by atoms with E-state index in [4.69, 9.17) is 33.0 Å². The highest BCUT2D eigenvalue weighted by Gasteiger charge is 2.69. The van der Waals surface area contributed by atoms with E-state index in [2.05, 4.69) is 10.2 Å². The molecule has 1 amide bonds. The standard InChI is InChI=1S/C33H29Cl2FN4O3/c1-16-19(31(41)43-2)9-10-20-25-12-13-26-30(40(25)38-29(16)20)27(21-4-3-5-23(35)28(21)36)33(39(26)15-17-6-7-17)22-11-8-18(34)14-24(22)37-32(33)42/h3-5,8-11,14,17,26-27,30H,6-7,12-13,15H2,1-2H3,(H,37,42)/t26-,27-,30+,33+/m0/s1. The summed E-state index contributed by atoms with van der Waals surface area (Å²) < 4.78 is 23.3. The van der Waals surface area contributed by atoms with Gasteiger partial charge in [0.15, 0.2) is 0 Å². The number of nitrogens with zero attached hydrogens (tertiary/aromatic N) is 3. The Balaban J connectivity index is 1.43. The number of ether oxygens (including phenoxy) is 1. The van der Waals surface area contributed by atoms with E-state index in [0.717, 1.165) is 54.4 Å². The first-order chi connectivity index (χ1) is 20.7. The molecule has 1 aromatic heterocycles. The zero-order valence-corrected chi connectivity index (χ0v) is 25.2. The Morgan fingerprint density at radius 1 is 1.16 bits per heavy atom. The van der Waals surface area contributed by atoms with Crippen molar-refractivity contribution < 1.29 is 18.7 Å². The molecule has 7 nitrogen and oxygen atoms in total. The second-order valence-electron chi connectivity index (χ2n) is 12.2. The van der Waals surface area contributed by atoms with Gasteiger partial charge in [-0.25, -0.2) is 9.18 Å². The van der Waals surface area contributed by atoms with Crippen LogP contribution in [-0.2, 0) is 21.5 Å². The van der Waals surface area contributed by atoms with Gasteiger partial charge in [-0.1, -0.05) is 47.5 Å². The van der Waals surface area contributed by atoms with E-state index in [-0.39, 0.29) is 23.0 Å². The third-order valence-corrected chi connectivity index (χ3v) is 10.6. The number of methoxy groups -OCH3 is 1. The van der Waals surface area contributed by atoms with Gasteiger partial charge >= 0.3 is 5.97 Å². The van der Waals surface area contributed by atoms with Crippen molar-refractivity contribution in [3.8, 4) is 0 Å². The van der Waals surface area contributed by atoms with Crippen LogP contribution in [0.1, 0.15) is 64.0 Å². The number of hydrogen-bond acceptors (Lipinski definition) is 5. The molecule has 1 aliphatic carbocycles. The lowest BCUT2D eigenvalue weighted by atomic mass is 9.73. The van der Waals surface area contributed by atoms with Crippen molar-refractivity contribution in [3.05, 3.63) is 92.3 Å². The van der Waals surface area contributed by atoms with Crippen molar-refractivity contribution in [1.82, 2.24) is 14.7 Å². The summed E-state index contributed by atoms with van der Waals surface area (Å²) in [6, 6.07) is 13.8. The number of carbonyl (C=O) groups is 2. The van der Waals surface area contributed by atoms with Crippen LogP contribution in [0, 0.1) is 18.7 Å². The number of likely N-dealkylation sites (tertiary alicyclic amines) is 1. The van der Waals surface area contributed by atoms with E-state index < -0.39 is 23.2 Å². The molecule has 4 heterocycles. The summed E-state index contributed by atoms with van der Waals surface area (Å²) in [5.74, 6) is -1.32. The number of nitrogens with one attached hydrogen (secondary N) is 1. The summed E-state index contributed by atoms with van der Waals surface area (Å²) in [5, 5.41) is 9.76. The minimum atomic E-state index is -1.20. The molecule has 4 aliphatic rings. The highest BCUT2D eigenvalue weighted by molar-refractivity contribution is 6.31. The molecule has 0 unspecified atom stereocenters. The zero-order valence-electron chi connectivity index (χ0n) is 23.7. The molecule has 1 saturated carbocycles. The lowest BCUT2D eigenvalue weighted by Gasteiger charge is -2.39. The summed E-state index contributed by atoms with van der Waals surface area (Å²) in [4.78, 5) is 29.4. The number of rotatable bonds is 4. The predicted molar refractivity (Wildman–Crippen MR) is 162 cm³/mol. The second kappa shape index (κ2) is 9.52. The number of benzene rings is 3. The fourth-order valence-electron chi connectivity index (χ4n) is 8.10. The van der Waals surface area contributed by atoms with E-state index in [0.29, 0.717) is 33.3 Å². The zero-order chi connectivity index (χ0) is 29.8. The van der Waals surface area contributed by atoms with Crippen molar-refractivity contribution in [2.24, 2.45) is 5.92 Å². The van der Waals surface area contributed by atoms with Gasteiger partial charge in [0, 0.05) is 45.9 Å². The van der Waals surface area contributed by atoms with Gasteiger partial charge < -0.3 is 10.1 Å². The number of aromatic nitrogens is 2. The van der Waals surface area contributed by atoms with Crippen molar-refractivity contribution >= 4 is 51.7 Å². The molecule has 2 fully saturated rings. The van der Waals surface area contributed by atoms with Crippen molar-refractivity contribution in [2.75, 3.05) is 19.0 Å². The minimum Gasteiger partial charge on any atom is -0.465 e. The van der Waals surface area contributed by atoms with E-state index >= 15 is 4.39 Å². The monoisotopic (exact) mass is 618 g/mol. The largest absolute Gasteiger partial charge is 0.465 e. The SMILES string of the molecule is COC(=O)c1ccc2c3n(nc2c1C)[C@@H]1[C@H](CC3)N(CC2CC2)[C@@]2(C(=O)Nc3cc(Cl)ccc32)[C@H]1c1cccc(Cl)c1F. The molecular formula is C33H29Cl2FN4O3. The molecule has 3 aromatic carbocycles. The fourth-order valence-corrected chi connectivity index (χ4v) is 8.46. The fraction of sp³-hybridized carbons (Fsp3) is 0.364. The van der Waals surface area contributed by atoms with E-state index in [1.165, 1.54) is 13.2 Å². The van der Waals surface area contributed by atoms with E-state index in [9.17, 15) is 9.59 Å². The van der Waals surface area contributed by atoms with E-state index in [1.807, 2.05) is 23.7 Å². The van der Waals surface area contributed by atoms with Crippen molar-refractivity contribution in [2.45, 2.75) is 56.1 Å².